The van der Waals surface area contributed by atoms with Gasteiger partial charge in [0, 0.05) is 0 Å². The van der Waals surface area contributed by atoms with E-state index in [0.29, 0.717) is 0 Å². The first-order valence-electron chi connectivity index (χ1n) is 7.14. The number of nitrogens with two attached hydrogens (primary N) is 1. The molecule has 0 saturated carbocycles. The zero-order valence-corrected chi connectivity index (χ0v) is 20.9. The molecule has 0 radical (unpaired) electrons. The molecule has 2 unspecified atom stereocenters. The van der Waals surface area contributed by atoms with Gasteiger partial charge in [-0.1, -0.05) is 0 Å². The van der Waals surface area contributed by atoms with Gasteiger partial charge in [0.1, 0.15) is 30.2 Å². The van der Waals surface area contributed by atoms with Crippen LogP contribution >= 0.6 is 15.6 Å². The van der Waals surface area contributed by atoms with Crippen LogP contribution in [-0.2, 0) is 22.7 Å². The zero-order chi connectivity index (χ0) is 20.0. The predicted molar refractivity (Wildman–Crippen MR) is 80.1 cm³/mol. The fourth-order valence-electron chi connectivity index (χ4n) is 2.47. The van der Waals surface area contributed by atoms with E-state index in [0.717, 1.165) is 6.33 Å². The van der Waals surface area contributed by atoms with E-state index in [4.69, 9.17) is 15.4 Å². The van der Waals surface area contributed by atoms with Crippen LogP contribution in [-0.4, -0.2) is 59.5 Å². The molecule has 1 aliphatic rings. The van der Waals surface area contributed by atoms with Gasteiger partial charge in [-0.15, -0.1) is 0 Å². The van der Waals surface area contributed by atoms with Crippen LogP contribution in [0.25, 0.3) is 11.2 Å². The van der Waals surface area contributed by atoms with Crippen LogP contribution in [0.2, 0.25) is 0 Å². The number of aliphatic hydroxyl groups excluding tert-OH is 2. The van der Waals surface area contributed by atoms with Crippen LogP contribution in [0.15, 0.2) is 12.7 Å². The fourth-order valence-corrected chi connectivity index (χ4v) is 4.00. The van der Waals surface area contributed by atoms with E-state index in [1.807, 2.05) is 0 Å². The Kier molecular flexibility index (Phi) is 9.87. The summed E-state index contributed by atoms with van der Waals surface area (Å²) in [4.78, 5) is 41.9. The maximum atomic E-state index is 11.3. The molecule has 19 heteroatoms. The summed E-state index contributed by atoms with van der Waals surface area (Å²) in [6.45, 7) is -0.904. The van der Waals surface area contributed by atoms with Gasteiger partial charge in [-0.05, 0) is 0 Å². The van der Waals surface area contributed by atoms with Crippen LogP contribution in [0, 0.1) is 0 Å². The number of nitrogens with zero attached hydrogens (tertiary/aromatic N) is 4. The number of imidazole rings is 1. The maximum absolute atomic E-state index is 11.3. The SMILES string of the molecule is [15NH2]c1[15n]c[15n]c2c1[15n]c[15n]2[C@@H]1O[C@H](COP(=O)([O-])OP(=O)([O-])O)[C@@H](O)[C@H]1O.[Na+].[Na+]. The number of hydrogen-bond donors (Lipinski definition) is 4. The molecule has 1 fully saturated rings. The first kappa shape index (κ1) is 27.5. The zero-order valence-electron chi connectivity index (χ0n) is 15.1. The van der Waals surface area contributed by atoms with Crippen LogP contribution in [0.5, 0.6) is 0 Å². The normalized spacial score (nSPS) is 28.2. The Morgan fingerprint density at radius 1 is 1.21 bits per heavy atom. The Balaban J connectivity index is 0.00000210. The van der Waals surface area contributed by atoms with Crippen LogP contribution in [0.1, 0.15) is 6.23 Å². The number of aliphatic hydroxyl groups is 2. The molecule has 5 N–H and O–H groups in total. The first-order valence-corrected chi connectivity index (χ1v) is 10.1. The maximum Gasteiger partial charge on any atom is 1.00 e. The second-order valence-corrected chi connectivity index (χ2v) is 8.17. The number of anilines is 1. The summed E-state index contributed by atoms with van der Waals surface area (Å²) >= 11 is 0. The van der Waals surface area contributed by atoms with Crippen LogP contribution in [0.3, 0.4) is 0 Å². The number of phosphoric ester groups is 1. The van der Waals surface area contributed by atoms with Crippen LogP contribution in [0.4, 0.5) is 5.82 Å². The van der Waals surface area contributed by atoms with Gasteiger partial charge in [-0.2, -0.15) is 0 Å². The number of aromatic nitrogens is 4. The molecule has 2 aromatic heterocycles. The van der Waals surface area contributed by atoms with E-state index in [1.165, 1.54) is 10.9 Å². The molecule has 0 spiro atoms. The Morgan fingerprint density at radius 3 is 2.48 bits per heavy atom. The third kappa shape index (κ3) is 6.49. The summed E-state index contributed by atoms with van der Waals surface area (Å²) < 4.78 is 36.1. The molecule has 1 saturated heterocycles. The van der Waals surface area contributed by atoms with Crippen molar-refractivity contribution in [1.82, 2.24) is 19.5 Å². The number of ether oxygens (including phenoxy) is 1. The Bertz CT molecular complexity index is 943. The van der Waals surface area contributed by atoms with E-state index in [-0.39, 0.29) is 76.1 Å². The minimum Gasteiger partial charge on any atom is -0.756 e. The summed E-state index contributed by atoms with van der Waals surface area (Å²) in [7, 11) is -11.0. The average Bonchev–Trinajstić information content (AvgIpc) is 3.07. The minimum absolute atomic E-state index is 0. The standard InChI is InChI=1S/C10H15N5O10P2.2Na/c11-8-5-9(13-2-12-8)15(3-14-5)10-7(17)6(16)4(24-10)1-23-27(21,22)25-26(18,19)20;;/h2-4,6-7,10,16-17H,1H2,(H,21,22)(H2,11,12,13)(H2,18,19,20);;/q;2*+1/p-2/t4-,6-,7-,10-;;/m1../s1/i11+1,12+1,13+1,14+1,15+1;;. The van der Waals surface area contributed by atoms with E-state index in [1.54, 1.807) is 0 Å². The molecular formula is C10H13N5Na2O10P2. The van der Waals surface area contributed by atoms with E-state index in [9.17, 15) is 29.1 Å². The smallest absolute Gasteiger partial charge is 0.756 e. The van der Waals surface area contributed by atoms with Crippen molar-refractivity contribution in [3.63, 3.8) is 0 Å². The molecular weight excluding hydrogens is 463 g/mol. The topological polar surface area (TPSA) is 238 Å². The van der Waals surface area contributed by atoms with Gasteiger partial charge in [0.25, 0.3) is 15.6 Å². The third-order valence-corrected chi connectivity index (χ3v) is 5.69. The number of hydrogen-bond acceptors (Lipinski definition) is 13. The molecule has 0 aromatic carbocycles. The quantitative estimate of drug-likeness (QED) is 0.172. The molecule has 1 aliphatic heterocycles. The molecule has 150 valence electrons. The molecule has 0 amide bonds. The molecule has 29 heavy (non-hydrogen) atoms. The number of rotatable bonds is 6. The largest absolute Gasteiger partial charge is 1.00 e. The van der Waals surface area contributed by atoms with Gasteiger partial charge in [0.15, 0.2) is 17.7 Å². The van der Waals surface area contributed by atoms with Gasteiger partial charge >= 0.3 is 59.1 Å². The van der Waals surface area contributed by atoms with Crippen molar-refractivity contribution in [1.29, 1.82) is 0 Å². The minimum atomic E-state index is -5.60. The van der Waals surface area contributed by atoms with Crippen LogP contribution < -0.4 is 74.6 Å². The van der Waals surface area contributed by atoms with E-state index < -0.39 is 46.8 Å². The van der Waals surface area contributed by atoms with Crippen molar-refractivity contribution in [2.75, 3.05) is 12.3 Å². The Labute approximate surface area is 207 Å². The second-order valence-electron chi connectivity index (χ2n) is 5.42. The molecule has 3 rings (SSSR count). The van der Waals surface area contributed by atoms with Gasteiger partial charge in [0.05, 0.1) is 12.9 Å². The molecule has 6 atom stereocenters. The van der Waals surface area contributed by atoms with Crippen molar-refractivity contribution in [3.8, 4) is 0 Å². The number of fused-ring (bicyclic) bond motifs is 1. The number of nitrogen functional groups attached to an aromatic ring is 1. The molecule has 0 aliphatic carbocycles. The Hall–Kier alpha value is 0.490. The summed E-state index contributed by atoms with van der Waals surface area (Å²) in [5, 5.41) is 20.2. The third-order valence-electron chi connectivity index (χ3n) is 3.60. The van der Waals surface area contributed by atoms with Crippen molar-refractivity contribution >= 4 is 32.6 Å². The number of phosphoric acid groups is 2. The molecule has 2 aromatic rings. The van der Waals surface area contributed by atoms with Crippen molar-refractivity contribution in [3.05, 3.63) is 12.7 Å². The van der Waals surface area contributed by atoms with E-state index in [2.05, 4.69) is 23.8 Å². The van der Waals surface area contributed by atoms with Crippen molar-refractivity contribution in [2.24, 2.45) is 0 Å². The summed E-state index contributed by atoms with van der Waals surface area (Å²) in [6, 6.07) is 0. The summed E-state index contributed by atoms with van der Waals surface area (Å²) in [5.74, 6) is 0.0714. The Morgan fingerprint density at radius 2 is 1.86 bits per heavy atom. The fraction of sp³-hybridized carbons (Fsp3) is 0.500. The van der Waals surface area contributed by atoms with Gasteiger partial charge in [-0.3, -0.25) is 13.7 Å². The predicted octanol–water partition coefficient (Wildman–Crippen LogP) is -9.00. The van der Waals surface area contributed by atoms with Crippen molar-refractivity contribution in [2.45, 2.75) is 24.5 Å². The van der Waals surface area contributed by atoms with Gasteiger partial charge in [0.2, 0.25) is 0 Å². The van der Waals surface area contributed by atoms with Gasteiger partial charge in [-0.25, -0.2) is 19.3 Å². The van der Waals surface area contributed by atoms with E-state index >= 15 is 0 Å². The van der Waals surface area contributed by atoms with Gasteiger partial charge < -0.3 is 39.9 Å². The first-order chi connectivity index (χ1) is 12.5. The summed E-state index contributed by atoms with van der Waals surface area (Å²) in [5.41, 5.74) is 6.06. The van der Waals surface area contributed by atoms with Crippen molar-refractivity contribution < 1.29 is 107 Å². The summed E-state index contributed by atoms with van der Waals surface area (Å²) in [6.07, 6.45) is -3.40. The monoisotopic (exact) mass is 476 g/mol. The molecule has 15 nitrogen and oxygen atoms in total. The second kappa shape index (κ2) is 10.4. The average molecular weight is 476 g/mol. The molecule has 0 bridgehead atoms. The molecule has 3 heterocycles.